The van der Waals surface area contributed by atoms with Gasteiger partial charge in [-0.15, -0.1) is 0 Å². The van der Waals surface area contributed by atoms with Gasteiger partial charge in [0.15, 0.2) is 17.4 Å². The topological polar surface area (TPSA) is 53.7 Å². The molecule has 16 heavy (non-hydrogen) atoms. The van der Waals surface area contributed by atoms with Crippen molar-refractivity contribution in [1.82, 2.24) is 0 Å². The van der Waals surface area contributed by atoms with E-state index in [1.165, 1.54) is 24.0 Å². The van der Waals surface area contributed by atoms with Crippen LogP contribution >= 0.6 is 0 Å². The van der Waals surface area contributed by atoms with Gasteiger partial charge in [0.05, 0.1) is 13.2 Å². The first-order chi connectivity index (χ1) is 7.54. The number of furan rings is 1. The number of alkyl halides is 2. The van der Waals surface area contributed by atoms with E-state index >= 15 is 0 Å². The Kier molecular flexibility index (Phi) is 4.42. The zero-order chi connectivity index (χ0) is 12.1. The van der Waals surface area contributed by atoms with E-state index in [0.29, 0.717) is 0 Å². The Balaban J connectivity index is 2.79. The molecule has 4 nitrogen and oxygen atoms in total. The monoisotopic (exact) mass is 233 g/mol. The molecule has 0 saturated heterocycles. The van der Waals surface area contributed by atoms with Gasteiger partial charge < -0.3 is 14.4 Å². The minimum absolute atomic E-state index is 0.0369. The second-order valence-corrected chi connectivity index (χ2v) is 3.25. The number of aliphatic hydroxyl groups is 1. The first-order valence-electron chi connectivity index (χ1n) is 4.79. The summed E-state index contributed by atoms with van der Waals surface area (Å²) in [6.45, 7) is 0.565. The highest BCUT2D eigenvalue weighted by Gasteiger charge is 2.16. The first kappa shape index (κ1) is 12.6. The Hall–Kier alpha value is -1.43. The largest absolute Gasteiger partial charge is 0.437 e. The number of anilines is 1. The molecule has 0 aromatic carbocycles. The molecule has 1 aromatic rings. The van der Waals surface area contributed by atoms with Crippen molar-refractivity contribution in [1.29, 1.82) is 0 Å². The summed E-state index contributed by atoms with van der Waals surface area (Å²) in [6, 6.07) is 2.86. The number of hydrogen-bond donors (Lipinski definition) is 1. The highest BCUT2D eigenvalue weighted by Crippen LogP contribution is 2.19. The average molecular weight is 233 g/mol. The summed E-state index contributed by atoms with van der Waals surface area (Å²) in [7, 11) is 0. The number of carbonyl (C=O) groups excluding carboxylic acids is 1. The van der Waals surface area contributed by atoms with Gasteiger partial charge in [0.2, 0.25) is 0 Å². The fraction of sp³-hybridized carbons (Fsp3) is 0.500. The van der Waals surface area contributed by atoms with Crippen molar-refractivity contribution in [2.75, 3.05) is 24.6 Å². The molecule has 0 fully saturated rings. The lowest BCUT2D eigenvalue weighted by Crippen LogP contribution is -2.31. The molecule has 0 aliphatic rings. The van der Waals surface area contributed by atoms with Crippen LogP contribution in [0.2, 0.25) is 0 Å². The molecule has 0 spiro atoms. The number of carbonyl (C=O) groups is 1. The SMILES string of the molecule is CC(=O)c1ccc(N(CCO)CC(F)F)o1. The molecule has 90 valence electrons. The number of rotatable bonds is 6. The highest BCUT2D eigenvalue weighted by molar-refractivity contribution is 5.91. The van der Waals surface area contributed by atoms with Crippen LogP contribution < -0.4 is 4.90 Å². The summed E-state index contributed by atoms with van der Waals surface area (Å²) in [5.41, 5.74) is 0. The van der Waals surface area contributed by atoms with Crippen LogP contribution in [0.15, 0.2) is 16.5 Å². The third-order valence-electron chi connectivity index (χ3n) is 1.98. The Labute approximate surface area is 91.5 Å². The molecule has 1 heterocycles. The number of hydrogen-bond acceptors (Lipinski definition) is 4. The smallest absolute Gasteiger partial charge is 0.255 e. The first-order valence-corrected chi connectivity index (χ1v) is 4.79. The van der Waals surface area contributed by atoms with Gasteiger partial charge in [-0.05, 0) is 6.07 Å². The summed E-state index contributed by atoms with van der Waals surface area (Å²) in [5.74, 6) is 0.0130. The van der Waals surface area contributed by atoms with E-state index in [1.54, 1.807) is 0 Å². The van der Waals surface area contributed by atoms with E-state index in [-0.39, 0.29) is 30.6 Å². The molecule has 0 unspecified atom stereocenters. The van der Waals surface area contributed by atoms with Crippen molar-refractivity contribution in [3.63, 3.8) is 0 Å². The lowest BCUT2D eigenvalue weighted by Gasteiger charge is -2.19. The maximum absolute atomic E-state index is 12.2. The van der Waals surface area contributed by atoms with Gasteiger partial charge in [-0.1, -0.05) is 0 Å². The van der Waals surface area contributed by atoms with Gasteiger partial charge in [0.1, 0.15) is 0 Å². The molecule has 1 aromatic heterocycles. The molecule has 0 aliphatic heterocycles. The third kappa shape index (κ3) is 3.30. The zero-order valence-electron chi connectivity index (χ0n) is 8.82. The molecule has 1 N–H and O–H groups in total. The summed E-state index contributed by atoms with van der Waals surface area (Å²) >= 11 is 0. The fourth-order valence-electron chi connectivity index (χ4n) is 1.27. The predicted octanol–water partition coefficient (Wildman–Crippen LogP) is 1.55. The quantitative estimate of drug-likeness (QED) is 0.757. The number of Topliss-reactive ketones (excluding diaryl/α,β-unsaturated/α-hetero) is 1. The summed E-state index contributed by atoms with van der Waals surface area (Å²) < 4.78 is 29.5. The van der Waals surface area contributed by atoms with Crippen molar-refractivity contribution in [3.8, 4) is 0 Å². The second-order valence-electron chi connectivity index (χ2n) is 3.25. The van der Waals surface area contributed by atoms with Crippen LogP contribution in [-0.4, -0.2) is 37.0 Å². The highest BCUT2D eigenvalue weighted by atomic mass is 19.3. The van der Waals surface area contributed by atoms with Crippen LogP contribution in [0, 0.1) is 0 Å². The zero-order valence-corrected chi connectivity index (χ0v) is 8.82. The van der Waals surface area contributed by atoms with Gasteiger partial charge >= 0.3 is 0 Å². The van der Waals surface area contributed by atoms with Crippen LogP contribution in [0.5, 0.6) is 0 Å². The summed E-state index contributed by atoms with van der Waals surface area (Å²) in [6.07, 6.45) is -2.53. The summed E-state index contributed by atoms with van der Waals surface area (Å²) in [4.78, 5) is 12.1. The van der Waals surface area contributed by atoms with Crippen molar-refractivity contribution >= 4 is 11.7 Å². The number of ketones is 1. The molecule has 0 amide bonds. The van der Waals surface area contributed by atoms with E-state index < -0.39 is 13.0 Å². The standard InChI is InChI=1S/C10H13F2NO3/c1-7(15)8-2-3-10(16-8)13(4-5-14)6-9(11)12/h2-3,9,14H,4-6H2,1H3. The number of aliphatic hydroxyl groups excluding tert-OH is 1. The average Bonchev–Trinajstić information content (AvgIpc) is 2.65. The van der Waals surface area contributed by atoms with Crippen molar-refractivity contribution in [2.24, 2.45) is 0 Å². The molecule has 0 bridgehead atoms. The van der Waals surface area contributed by atoms with Gasteiger partial charge in [-0.25, -0.2) is 8.78 Å². The van der Waals surface area contributed by atoms with Gasteiger partial charge in [-0.2, -0.15) is 0 Å². The van der Waals surface area contributed by atoms with Crippen LogP contribution in [0.4, 0.5) is 14.7 Å². The molecule has 1 rings (SSSR count). The number of halogens is 2. The lowest BCUT2D eigenvalue weighted by molar-refractivity contribution is 0.0987. The maximum Gasteiger partial charge on any atom is 0.255 e. The van der Waals surface area contributed by atoms with Crippen molar-refractivity contribution < 1.29 is 23.1 Å². The Morgan fingerprint density at radius 2 is 2.25 bits per heavy atom. The maximum atomic E-state index is 12.2. The van der Waals surface area contributed by atoms with E-state index in [2.05, 4.69) is 0 Å². The van der Waals surface area contributed by atoms with E-state index in [4.69, 9.17) is 9.52 Å². The van der Waals surface area contributed by atoms with Crippen molar-refractivity contribution in [3.05, 3.63) is 17.9 Å². The molecule has 6 heteroatoms. The molecule has 0 radical (unpaired) electrons. The van der Waals surface area contributed by atoms with Gasteiger partial charge in [0, 0.05) is 19.5 Å². The molecular weight excluding hydrogens is 220 g/mol. The Morgan fingerprint density at radius 1 is 1.56 bits per heavy atom. The van der Waals surface area contributed by atoms with Crippen LogP contribution in [-0.2, 0) is 0 Å². The normalized spacial score (nSPS) is 10.8. The van der Waals surface area contributed by atoms with Crippen LogP contribution in [0.1, 0.15) is 17.5 Å². The molecule has 0 aliphatic carbocycles. The predicted molar refractivity (Wildman–Crippen MR) is 54.0 cm³/mol. The minimum Gasteiger partial charge on any atom is -0.437 e. The fourth-order valence-corrected chi connectivity index (χ4v) is 1.27. The van der Waals surface area contributed by atoms with E-state index in [1.807, 2.05) is 0 Å². The van der Waals surface area contributed by atoms with Crippen molar-refractivity contribution in [2.45, 2.75) is 13.3 Å². The molecular formula is C10H13F2NO3. The van der Waals surface area contributed by atoms with Crippen LogP contribution in [0.3, 0.4) is 0 Å². The third-order valence-corrected chi connectivity index (χ3v) is 1.98. The summed E-state index contributed by atoms with van der Waals surface area (Å²) in [5, 5.41) is 8.73. The Bertz CT molecular complexity index is 352. The molecule has 0 atom stereocenters. The molecule has 0 saturated carbocycles. The van der Waals surface area contributed by atoms with E-state index in [0.717, 1.165) is 0 Å². The lowest BCUT2D eigenvalue weighted by atomic mass is 10.3. The minimum atomic E-state index is -2.53. The number of nitrogens with zero attached hydrogens (tertiary/aromatic N) is 1. The Morgan fingerprint density at radius 3 is 2.69 bits per heavy atom. The second kappa shape index (κ2) is 5.60. The van der Waals surface area contributed by atoms with Gasteiger partial charge in [0.25, 0.3) is 6.43 Å². The van der Waals surface area contributed by atoms with Crippen LogP contribution in [0.25, 0.3) is 0 Å². The van der Waals surface area contributed by atoms with E-state index in [9.17, 15) is 13.6 Å². The van der Waals surface area contributed by atoms with Gasteiger partial charge in [-0.3, -0.25) is 4.79 Å².